The molecule has 0 bridgehead atoms. The Labute approximate surface area is 193 Å². The Morgan fingerprint density at radius 3 is 1.89 bits per heavy atom. The van der Waals surface area contributed by atoms with Crippen LogP contribution in [0.1, 0.15) is 27.2 Å². The first-order valence-electron chi connectivity index (χ1n) is 8.17. The van der Waals surface area contributed by atoms with Crippen LogP contribution in [0.2, 0.25) is 19.6 Å². The zero-order chi connectivity index (χ0) is 19.2. The number of benzene rings is 1. The molecule has 0 radical (unpaired) electrons. The van der Waals surface area contributed by atoms with E-state index in [4.69, 9.17) is 10.2 Å². The van der Waals surface area contributed by atoms with Gasteiger partial charge in [-0.15, -0.1) is 60.0 Å². The number of rotatable bonds is 3. The molecule has 0 saturated carbocycles. The molecule has 0 aliphatic heterocycles. The van der Waals surface area contributed by atoms with E-state index in [2.05, 4.69) is 73.8 Å². The second-order valence-corrected chi connectivity index (χ2v) is 11.7. The van der Waals surface area contributed by atoms with Gasteiger partial charge in [-0.3, -0.25) is 0 Å². The van der Waals surface area contributed by atoms with Crippen molar-refractivity contribution in [3.8, 4) is 0 Å². The third-order valence-electron chi connectivity index (χ3n) is 2.23. The van der Waals surface area contributed by atoms with Crippen molar-refractivity contribution in [1.82, 2.24) is 0 Å². The van der Waals surface area contributed by atoms with Gasteiger partial charge in [-0.1, -0.05) is 26.8 Å². The molecule has 0 aliphatic rings. The predicted octanol–water partition coefficient (Wildman–Crippen LogP) is 7.72. The standard InChI is InChI=1S/C9H7.C6H15OSi.C4H10N.CH3.CH2.2ClH.Ti/c1-2-5-9-7-3-6-8(9)4-1;1-5-6-7-8(2,3)4;1-4(2,3)5;;;;;/h1-7H;1,5-6H2,2-4H3;5H,1-3H3;1H3;1H2;2*1H;/q4*-1;;;;. The summed E-state index contributed by atoms with van der Waals surface area (Å²) in [4.78, 5) is 3.25. The fraction of sp³-hybridized carbons (Fsp3) is 0.429. The van der Waals surface area contributed by atoms with Crippen molar-refractivity contribution in [1.29, 1.82) is 0 Å². The molecule has 0 fully saturated rings. The summed E-state index contributed by atoms with van der Waals surface area (Å²) in [6.07, 6.45) is 0.893. The van der Waals surface area contributed by atoms with Crippen LogP contribution < -0.4 is 0 Å². The van der Waals surface area contributed by atoms with E-state index in [9.17, 15) is 0 Å². The van der Waals surface area contributed by atoms with E-state index in [1.807, 2.05) is 20.8 Å². The maximum absolute atomic E-state index is 6.94. The van der Waals surface area contributed by atoms with Gasteiger partial charge in [0.2, 0.25) is 0 Å². The van der Waals surface area contributed by atoms with Gasteiger partial charge in [-0.2, -0.15) is 23.9 Å². The Balaban J connectivity index is -0.0000000840. The van der Waals surface area contributed by atoms with Gasteiger partial charge in [0.1, 0.15) is 0 Å². The van der Waals surface area contributed by atoms with Crippen molar-refractivity contribution in [2.45, 2.75) is 52.4 Å². The van der Waals surface area contributed by atoms with Gasteiger partial charge >= 0.3 is 24.8 Å². The summed E-state index contributed by atoms with van der Waals surface area (Å²) in [5.41, 5.74) is 6.69. The van der Waals surface area contributed by atoms with Crippen LogP contribution in [0, 0.1) is 14.4 Å². The summed E-state index contributed by atoms with van der Waals surface area (Å²) >= 11 is 1.75. The molecular weight excluding hydrogens is 429 g/mol. The van der Waals surface area contributed by atoms with Crippen molar-refractivity contribution >= 4 is 48.7 Å². The summed E-state index contributed by atoms with van der Waals surface area (Å²) in [6, 6.07) is 14.7. The summed E-state index contributed by atoms with van der Waals surface area (Å²) < 4.78 is 5.45. The second kappa shape index (κ2) is 20.9. The fourth-order valence-corrected chi connectivity index (χ4v) is 2.20. The minimum absolute atomic E-state index is 0. The molecule has 0 saturated heterocycles. The molecule has 0 atom stereocenters. The number of fused-ring (bicyclic) bond motifs is 1. The third-order valence-corrected chi connectivity index (χ3v) is 3.30. The summed E-state index contributed by atoms with van der Waals surface area (Å²) in [5, 5.41) is 2.66. The molecular formula is C21H39Cl2NOSiTi-4. The average molecular weight is 468 g/mol. The fourth-order valence-electron chi connectivity index (χ4n) is 1.45. The summed E-state index contributed by atoms with van der Waals surface area (Å²) in [5.74, 6) is 0. The molecule has 2 aromatic carbocycles. The van der Waals surface area contributed by atoms with E-state index in [-0.39, 0.29) is 37.8 Å². The van der Waals surface area contributed by atoms with Crippen molar-refractivity contribution in [3.63, 3.8) is 0 Å². The largest absolute Gasteiger partial charge is 0.358 e. The van der Waals surface area contributed by atoms with Gasteiger partial charge in [-0.25, -0.2) is 0 Å². The predicted molar refractivity (Wildman–Crippen MR) is 131 cm³/mol. The summed E-state index contributed by atoms with van der Waals surface area (Å²) in [7, 11) is -1.22. The Morgan fingerprint density at radius 2 is 1.56 bits per heavy atom. The number of nitrogens with one attached hydrogen (secondary N) is 1. The Hall–Kier alpha value is 0.131. The van der Waals surface area contributed by atoms with Gasteiger partial charge in [0.25, 0.3) is 0 Å². The van der Waals surface area contributed by atoms with Crippen LogP contribution in [0.3, 0.4) is 0 Å². The van der Waals surface area contributed by atoms with Crippen LogP contribution in [0.4, 0.5) is 0 Å². The zero-order valence-electron chi connectivity index (χ0n) is 18.1. The molecule has 2 aromatic rings. The molecule has 160 valence electrons. The van der Waals surface area contributed by atoms with Gasteiger partial charge in [0, 0.05) is 6.61 Å². The maximum atomic E-state index is 6.94. The average Bonchev–Trinajstić information content (AvgIpc) is 2.94. The topological polar surface area (TPSA) is 33.0 Å². The maximum Gasteiger partial charge on any atom is -0.0809 e. The number of halogens is 2. The Bertz CT molecular complexity index is 500. The molecule has 6 heteroatoms. The Morgan fingerprint density at radius 1 is 1.11 bits per heavy atom. The van der Waals surface area contributed by atoms with Crippen LogP contribution in [0.5, 0.6) is 0 Å². The first-order valence-corrected chi connectivity index (χ1v) is 12.7. The normalized spacial score (nSPS) is 9.30. The van der Waals surface area contributed by atoms with Crippen LogP contribution >= 0.6 is 24.8 Å². The molecule has 0 aliphatic carbocycles. The first-order chi connectivity index (χ1) is 11.0. The van der Waals surface area contributed by atoms with E-state index < -0.39 is 8.32 Å². The van der Waals surface area contributed by atoms with Crippen molar-refractivity contribution < 1.29 is 24.4 Å². The van der Waals surface area contributed by atoms with Crippen molar-refractivity contribution in [2.75, 3.05) is 6.61 Å². The van der Waals surface area contributed by atoms with Crippen LogP contribution in [0.25, 0.3) is 16.5 Å². The van der Waals surface area contributed by atoms with Crippen molar-refractivity contribution in [3.05, 3.63) is 62.5 Å². The molecule has 0 heterocycles. The number of hydrogen-bond acceptors (Lipinski definition) is 1. The van der Waals surface area contributed by atoms with E-state index in [0.29, 0.717) is 0 Å². The smallest absolute Gasteiger partial charge is 0.0809 e. The molecule has 0 aromatic heterocycles. The molecule has 0 unspecified atom stereocenters. The molecule has 0 amide bonds. The van der Waals surface area contributed by atoms with Gasteiger partial charge in [0.15, 0.2) is 8.32 Å². The van der Waals surface area contributed by atoms with Gasteiger partial charge < -0.3 is 24.5 Å². The van der Waals surface area contributed by atoms with E-state index in [0.717, 1.165) is 13.0 Å². The van der Waals surface area contributed by atoms with Crippen LogP contribution in [-0.2, 0) is 24.4 Å². The first kappa shape index (κ1) is 37.8. The number of hydrogen-bond donors (Lipinski definition) is 0. The Kier molecular flexibility index (Phi) is 29.2. The molecule has 0 spiro atoms. The van der Waals surface area contributed by atoms with E-state index in [1.165, 1.54) is 10.8 Å². The van der Waals surface area contributed by atoms with E-state index >= 15 is 0 Å². The van der Waals surface area contributed by atoms with Crippen LogP contribution in [-0.4, -0.2) is 25.3 Å². The molecule has 2 nitrogen and oxygen atoms in total. The SMILES string of the molecule is CC(C)(C)[NH-].Cl.Cl.[CH2-]CCO[Si](C)(C)C.[CH2]=[Ti].[CH3-].c1ccc2[cH-]ccc2c1. The van der Waals surface area contributed by atoms with Crippen LogP contribution in [0.15, 0.2) is 42.5 Å². The monoisotopic (exact) mass is 467 g/mol. The van der Waals surface area contributed by atoms with Gasteiger partial charge in [0.05, 0.1) is 0 Å². The van der Waals surface area contributed by atoms with E-state index in [1.54, 1.807) is 20.0 Å². The minimum atomic E-state index is -1.22. The molecule has 1 N–H and O–H groups in total. The quantitative estimate of drug-likeness (QED) is 0.335. The van der Waals surface area contributed by atoms with Crippen molar-refractivity contribution in [2.24, 2.45) is 0 Å². The molecule has 2 rings (SSSR count). The molecule has 27 heavy (non-hydrogen) atoms. The zero-order valence-corrected chi connectivity index (χ0v) is 22.3. The second-order valence-electron chi connectivity index (χ2n) is 7.22. The summed E-state index contributed by atoms with van der Waals surface area (Å²) in [6.45, 7) is 16.6. The minimum Gasteiger partial charge on any atom is -0.358 e. The van der Waals surface area contributed by atoms with Gasteiger partial charge in [-0.05, 0) is 19.6 Å². The third kappa shape index (κ3) is 31.1.